The first-order valence-corrected chi connectivity index (χ1v) is 3.77. The highest BCUT2D eigenvalue weighted by Crippen LogP contribution is 1.90. The molecule has 82 valence electrons. The molecule has 0 bridgehead atoms. The SMILES string of the molecule is C=C(C)C(=O)OCCNC(N)=O.CF. The minimum atomic E-state index is -0.638. The van der Waals surface area contributed by atoms with Gasteiger partial charge in [0.25, 0.3) is 0 Å². The van der Waals surface area contributed by atoms with Crippen LogP contribution in [-0.4, -0.2) is 32.3 Å². The molecule has 0 unspecified atom stereocenters. The van der Waals surface area contributed by atoms with E-state index in [1.807, 2.05) is 0 Å². The van der Waals surface area contributed by atoms with Gasteiger partial charge in [0, 0.05) is 5.57 Å². The lowest BCUT2D eigenvalue weighted by Gasteiger charge is -2.03. The number of alkyl halides is 1. The fraction of sp³-hybridized carbons (Fsp3) is 0.500. The second kappa shape index (κ2) is 9.50. The number of urea groups is 1. The van der Waals surface area contributed by atoms with Gasteiger partial charge in [0.05, 0.1) is 13.7 Å². The largest absolute Gasteiger partial charge is 0.460 e. The van der Waals surface area contributed by atoms with Crippen molar-refractivity contribution in [2.24, 2.45) is 5.73 Å². The van der Waals surface area contributed by atoms with Gasteiger partial charge in [0.1, 0.15) is 6.61 Å². The Labute approximate surface area is 82.1 Å². The van der Waals surface area contributed by atoms with Gasteiger partial charge in [-0.05, 0) is 6.92 Å². The number of nitrogens with one attached hydrogen (secondary N) is 1. The Balaban J connectivity index is 0. The van der Waals surface area contributed by atoms with E-state index < -0.39 is 12.0 Å². The van der Waals surface area contributed by atoms with Gasteiger partial charge < -0.3 is 15.8 Å². The van der Waals surface area contributed by atoms with E-state index in [0.29, 0.717) is 12.8 Å². The third-order valence-electron chi connectivity index (χ3n) is 0.983. The van der Waals surface area contributed by atoms with Crippen molar-refractivity contribution in [1.82, 2.24) is 5.32 Å². The summed E-state index contributed by atoms with van der Waals surface area (Å²) in [6.07, 6.45) is 0. The number of rotatable bonds is 4. The van der Waals surface area contributed by atoms with Crippen LogP contribution in [0.15, 0.2) is 12.2 Å². The second-order valence-electron chi connectivity index (χ2n) is 2.21. The Morgan fingerprint density at radius 2 is 2.00 bits per heavy atom. The highest BCUT2D eigenvalue weighted by Gasteiger charge is 2.01. The average Bonchev–Trinajstić information content (AvgIpc) is 2.15. The number of esters is 1. The molecule has 0 rings (SSSR count). The second-order valence-corrected chi connectivity index (χ2v) is 2.21. The van der Waals surface area contributed by atoms with Crippen molar-refractivity contribution in [2.75, 3.05) is 20.3 Å². The van der Waals surface area contributed by atoms with Crippen molar-refractivity contribution in [3.05, 3.63) is 12.2 Å². The molecule has 0 fully saturated rings. The van der Waals surface area contributed by atoms with Crippen LogP contribution >= 0.6 is 0 Å². The number of hydrogen-bond acceptors (Lipinski definition) is 3. The van der Waals surface area contributed by atoms with Crippen LogP contribution in [0.1, 0.15) is 6.92 Å². The number of carbonyl (C=O) groups is 2. The summed E-state index contributed by atoms with van der Waals surface area (Å²) in [6, 6.07) is -0.638. The van der Waals surface area contributed by atoms with E-state index in [1.54, 1.807) is 6.92 Å². The first-order valence-electron chi connectivity index (χ1n) is 3.77. The van der Waals surface area contributed by atoms with Crippen LogP contribution in [0.25, 0.3) is 0 Å². The van der Waals surface area contributed by atoms with Crippen molar-refractivity contribution in [1.29, 1.82) is 0 Å². The van der Waals surface area contributed by atoms with E-state index in [4.69, 9.17) is 5.73 Å². The molecule has 5 nitrogen and oxygen atoms in total. The molecule has 0 radical (unpaired) electrons. The summed E-state index contributed by atoms with van der Waals surface area (Å²) in [5, 5.41) is 2.27. The third-order valence-corrected chi connectivity index (χ3v) is 0.983. The first-order chi connectivity index (χ1) is 6.54. The fourth-order valence-corrected chi connectivity index (χ4v) is 0.441. The smallest absolute Gasteiger partial charge is 0.333 e. The van der Waals surface area contributed by atoms with E-state index in [1.165, 1.54) is 0 Å². The molecule has 0 saturated carbocycles. The van der Waals surface area contributed by atoms with Gasteiger partial charge in [0.2, 0.25) is 0 Å². The van der Waals surface area contributed by atoms with Crippen molar-refractivity contribution in [3.63, 3.8) is 0 Å². The number of primary amides is 1. The summed E-state index contributed by atoms with van der Waals surface area (Å²) < 4.78 is 14.1. The van der Waals surface area contributed by atoms with Crippen LogP contribution in [0.5, 0.6) is 0 Å². The minimum Gasteiger partial charge on any atom is -0.460 e. The lowest BCUT2D eigenvalue weighted by molar-refractivity contribution is -0.138. The molecule has 0 saturated heterocycles. The quantitative estimate of drug-likeness (QED) is 0.396. The Hall–Kier alpha value is -1.59. The number of nitrogens with two attached hydrogens (primary N) is 1. The number of amides is 2. The van der Waals surface area contributed by atoms with E-state index in [9.17, 15) is 14.0 Å². The Kier molecular flexibility index (Phi) is 10.1. The van der Waals surface area contributed by atoms with Gasteiger partial charge in [0.15, 0.2) is 0 Å². The van der Waals surface area contributed by atoms with Gasteiger partial charge in [-0.15, -0.1) is 0 Å². The maximum absolute atomic E-state index is 10.7. The zero-order valence-corrected chi connectivity index (χ0v) is 8.30. The van der Waals surface area contributed by atoms with Crippen LogP contribution in [0, 0.1) is 0 Å². The van der Waals surface area contributed by atoms with Gasteiger partial charge in [-0.2, -0.15) is 0 Å². The van der Waals surface area contributed by atoms with Gasteiger partial charge in [-0.25, -0.2) is 9.59 Å². The molecule has 6 heteroatoms. The number of halogens is 1. The molecule has 14 heavy (non-hydrogen) atoms. The number of carbonyl (C=O) groups excluding carboxylic acids is 2. The Bertz CT molecular complexity index is 207. The van der Waals surface area contributed by atoms with Crippen LogP contribution in [0.3, 0.4) is 0 Å². The lowest BCUT2D eigenvalue weighted by Crippen LogP contribution is -2.32. The van der Waals surface area contributed by atoms with Crippen molar-refractivity contribution in [3.8, 4) is 0 Å². The Morgan fingerprint density at radius 3 is 2.36 bits per heavy atom. The fourth-order valence-electron chi connectivity index (χ4n) is 0.441. The molecule has 3 N–H and O–H groups in total. The standard InChI is InChI=1S/C7H12N2O3.CH3F/c1-5(2)6(10)12-4-3-9-7(8)11;1-2/h1,3-4H2,2H3,(H3,8,9,11);1H3. The molecule has 0 aromatic heterocycles. The molecular formula is C8H15FN2O3. The van der Waals surface area contributed by atoms with Gasteiger partial charge in [-0.1, -0.05) is 6.58 Å². The Morgan fingerprint density at radius 1 is 1.50 bits per heavy atom. The molecule has 0 atom stereocenters. The van der Waals surface area contributed by atoms with Crippen LogP contribution in [0.2, 0.25) is 0 Å². The summed E-state index contributed by atoms with van der Waals surface area (Å²) >= 11 is 0. The van der Waals surface area contributed by atoms with Crippen LogP contribution in [0.4, 0.5) is 9.18 Å². The van der Waals surface area contributed by atoms with Gasteiger partial charge in [-0.3, -0.25) is 4.39 Å². The predicted octanol–water partition coefficient (Wildman–Crippen LogP) is 0.360. The molecule has 0 aromatic carbocycles. The molecule has 0 spiro atoms. The minimum absolute atomic E-state index is 0.106. The summed E-state index contributed by atoms with van der Waals surface area (Å²) in [5.41, 5.74) is 5.09. The lowest BCUT2D eigenvalue weighted by atomic mass is 10.4. The molecular weight excluding hydrogens is 191 g/mol. The normalized spacial score (nSPS) is 7.93. The maximum Gasteiger partial charge on any atom is 0.333 e. The maximum atomic E-state index is 10.7. The van der Waals surface area contributed by atoms with Crippen molar-refractivity contribution in [2.45, 2.75) is 6.92 Å². The third kappa shape index (κ3) is 10.4. The number of hydrogen-bond donors (Lipinski definition) is 2. The molecule has 0 heterocycles. The van der Waals surface area contributed by atoms with E-state index >= 15 is 0 Å². The predicted molar refractivity (Wildman–Crippen MR) is 50.4 cm³/mol. The van der Waals surface area contributed by atoms with Crippen molar-refractivity contribution < 1.29 is 18.7 Å². The summed E-state index contributed by atoms with van der Waals surface area (Å²) in [7, 11) is 0.500. The highest BCUT2D eigenvalue weighted by molar-refractivity contribution is 5.86. The molecule has 0 aliphatic heterocycles. The zero-order valence-electron chi connectivity index (χ0n) is 8.30. The topological polar surface area (TPSA) is 81.4 Å². The highest BCUT2D eigenvalue weighted by atomic mass is 19.1. The average molecular weight is 206 g/mol. The van der Waals surface area contributed by atoms with Crippen molar-refractivity contribution >= 4 is 12.0 Å². The number of ether oxygens (including phenoxy) is 1. The summed E-state index contributed by atoms with van der Waals surface area (Å²) in [4.78, 5) is 20.9. The molecule has 0 aromatic rings. The van der Waals surface area contributed by atoms with Gasteiger partial charge >= 0.3 is 12.0 Å². The van der Waals surface area contributed by atoms with E-state index in [-0.39, 0.29) is 13.2 Å². The zero-order chi connectivity index (χ0) is 11.6. The van der Waals surface area contributed by atoms with Crippen LogP contribution < -0.4 is 11.1 Å². The van der Waals surface area contributed by atoms with Crippen LogP contribution in [-0.2, 0) is 9.53 Å². The molecule has 0 aliphatic rings. The monoisotopic (exact) mass is 206 g/mol. The summed E-state index contributed by atoms with van der Waals surface area (Å²) in [6.45, 7) is 5.25. The summed E-state index contributed by atoms with van der Waals surface area (Å²) in [5.74, 6) is -0.471. The first kappa shape index (κ1) is 14.9. The molecule has 0 aliphatic carbocycles. The van der Waals surface area contributed by atoms with E-state index in [0.717, 1.165) is 0 Å². The molecule has 2 amide bonds. The van der Waals surface area contributed by atoms with E-state index in [2.05, 4.69) is 16.6 Å².